The van der Waals surface area contributed by atoms with Crippen LogP contribution >= 0.6 is 0 Å². The summed E-state index contributed by atoms with van der Waals surface area (Å²) in [5.41, 5.74) is 14.0. The van der Waals surface area contributed by atoms with E-state index in [1.165, 1.54) is 36.2 Å². The Balaban J connectivity index is 0.000000459. The predicted octanol–water partition coefficient (Wildman–Crippen LogP) is 5.13. The highest BCUT2D eigenvalue weighted by molar-refractivity contribution is 5.91. The number of carboxylic acid groups (broad SMARTS) is 2. The molecule has 4 aliphatic rings. The molecular weight excluding hydrogens is 642 g/mol. The molecule has 4 aliphatic carbocycles. The Kier molecular flexibility index (Phi) is 13.4. The number of hydrogen-bond acceptors (Lipinski definition) is 8. The number of carbonyl (C=O) groups is 4. The molecule has 0 heterocycles. The minimum atomic E-state index is -5.08. The third-order valence-corrected chi connectivity index (χ3v) is 10.3. The third-order valence-electron chi connectivity index (χ3n) is 10.3. The molecule has 6 N–H and O–H groups in total. The van der Waals surface area contributed by atoms with Crippen LogP contribution in [0.2, 0.25) is 0 Å². The first-order chi connectivity index (χ1) is 21.6. The smallest absolute Gasteiger partial charge is 0.475 e. The van der Waals surface area contributed by atoms with Crippen LogP contribution in [-0.4, -0.2) is 83.2 Å². The molecule has 0 unspecified atom stereocenters. The SMILES string of the molecule is C/C(=N\OC(=O)N(CCN)CCN)[C@H]1CC[C@H]2[C@@H]3CCC4=CC(=O)CC[C@]4(C)[C@H]3CC[C@]12C.O=C(O)C(F)(F)F.O=C(O)C(F)(F)F. The Hall–Kier alpha value is -3.21. The summed E-state index contributed by atoms with van der Waals surface area (Å²) in [6, 6.07) is 0. The fourth-order valence-corrected chi connectivity index (χ4v) is 8.08. The first-order valence-electron chi connectivity index (χ1n) is 15.4. The van der Waals surface area contributed by atoms with Gasteiger partial charge in [0, 0.05) is 38.5 Å². The minimum Gasteiger partial charge on any atom is -0.475 e. The number of ketones is 1. The summed E-state index contributed by atoms with van der Waals surface area (Å²) < 4.78 is 63.5. The molecule has 4 rings (SSSR count). The van der Waals surface area contributed by atoms with E-state index in [0.717, 1.165) is 25.0 Å². The van der Waals surface area contributed by atoms with Gasteiger partial charge in [-0.15, -0.1) is 0 Å². The molecule has 0 bridgehead atoms. The quantitative estimate of drug-likeness (QED) is 0.127. The number of oxime groups is 1. The number of rotatable bonds is 6. The molecule has 11 nitrogen and oxygen atoms in total. The molecular formula is C30H44F6N4O7. The van der Waals surface area contributed by atoms with Crippen molar-refractivity contribution in [2.45, 2.75) is 84.5 Å². The van der Waals surface area contributed by atoms with Gasteiger partial charge in [0.05, 0.1) is 5.71 Å². The third kappa shape index (κ3) is 9.67. The zero-order chi connectivity index (χ0) is 36.0. The molecule has 17 heteroatoms. The highest BCUT2D eigenvalue weighted by Crippen LogP contribution is 2.66. The summed E-state index contributed by atoms with van der Waals surface area (Å²) in [4.78, 5) is 49.1. The topological polar surface area (TPSA) is 186 Å². The van der Waals surface area contributed by atoms with Gasteiger partial charge in [0.15, 0.2) is 5.78 Å². The maximum Gasteiger partial charge on any atom is 0.490 e. The van der Waals surface area contributed by atoms with E-state index >= 15 is 0 Å². The molecule has 1 amide bonds. The number of allylic oxidation sites excluding steroid dienone is 1. The van der Waals surface area contributed by atoms with Gasteiger partial charge in [-0.3, -0.25) is 9.63 Å². The number of alkyl halides is 6. The molecule has 0 aromatic carbocycles. The van der Waals surface area contributed by atoms with Crippen molar-refractivity contribution >= 4 is 29.5 Å². The highest BCUT2D eigenvalue weighted by Gasteiger charge is 2.59. The number of aliphatic carboxylic acids is 2. The molecule has 0 aromatic rings. The second-order valence-electron chi connectivity index (χ2n) is 12.9. The summed E-state index contributed by atoms with van der Waals surface area (Å²) >= 11 is 0. The van der Waals surface area contributed by atoms with Crippen LogP contribution in [0.15, 0.2) is 16.8 Å². The van der Waals surface area contributed by atoms with Crippen molar-refractivity contribution in [2.75, 3.05) is 26.2 Å². The van der Waals surface area contributed by atoms with Gasteiger partial charge in [0.2, 0.25) is 0 Å². The Morgan fingerprint density at radius 3 is 1.94 bits per heavy atom. The minimum absolute atomic E-state index is 0.192. The number of nitrogens with two attached hydrogens (primary N) is 2. The lowest BCUT2D eigenvalue weighted by Crippen LogP contribution is -2.51. The van der Waals surface area contributed by atoms with Gasteiger partial charge in [0.1, 0.15) is 0 Å². The summed E-state index contributed by atoms with van der Waals surface area (Å²) in [6.07, 6.45) is 0.0369. The van der Waals surface area contributed by atoms with Crippen molar-refractivity contribution in [2.24, 2.45) is 51.1 Å². The number of carboxylic acids is 2. The average molecular weight is 687 g/mol. The monoisotopic (exact) mass is 686 g/mol. The molecule has 0 saturated heterocycles. The van der Waals surface area contributed by atoms with Gasteiger partial charge < -0.3 is 26.6 Å². The number of hydrogen-bond donors (Lipinski definition) is 4. The van der Waals surface area contributed by atoms with Gasteiger partial charge in [0.25, 0.3) is 0 Å². The summed E-state index contributed by atoms with van der Waals surface area (Å²) in [7, 11) is 0. The average Bonchev–Trinajstić information content (AvgIpc) is 3.33. The van der Waals surface area contributed by atoms with Crippen LogP contribution in [0.3, 0.4) is 0 Å². The van der Waals surface area contributed by atoms with E-state index in [1.807, 2.05) is 13.0 Å². The normalized spacial score (nSPS) is 30.1. The lowest BCUT2D eigenvalue weighted by atomic mass is 9.46. The van der Waals surface area contributed by atoms with Crippen LogP contribution in [-0.2, 0) is 19.2 Å². The molecule has 47 heavy (non-hydrogen) atoms. The second kappa shape index (κ2) is 15.8. The maximum absolute atomic E-state index is 12.4. The first-order valence-corrected chi connectivity index (χ1v) is 15.4. The Morgan fingerprint density at radius 2 is 1.45 bits per heavy atom. The molecule has 0 spiro atoms. The van der Waals surface area contributed by atoms with E-state index in [2.05, 4.69) is 19.0 Å². The van der Waals surface area contributed by atoms with Gasteiger partial charge in [-0.05, 0) is 86.5 Å². The van der Waals surface area contributed by atoms with Gasteiger partial charge in [-0.1, -0.05) is 24.6 Å². The van der Waals surface area contributed by atoms with E-state index in [4.69, 9.17) is 36.1 Å². The van der Waals surface area contributed by atoms with Crippen molar-refractivity contribution < 1.29 is 60.6 Å². The van der Waals surface area contributed by atoms with E-state index < -0.39 is 30.4 Å². The number of halogens is 6. The molecule has 3 fully saturated rings. The van der Waals surface area contributed by atoms with Crippen molar-refractivity contribution in [1.29, 1.82) is 0 Å². The molecule has 3 saturated carbocycles. The number of amides is 1. The molecule has 6 atom stereocenters. The lowest BCUT2D eigenvalue weighted by molar-refractivity contribution is -0.193. The number of carbonyl (C=O) groups excluding carboxylic acids is 2. The van der Waals surface area contributed by atoms with Crippen LogP contribution in [0.5, 0.6) is 0 Å². The van der Waals surface area contributed by atoms with Crippen molar-refractivity contribution in [1.82, 2.24) is 4.90 Å². The zero-order valence-electron chi connectivity index (χ0n) is 26.6. The summed E-state index contributed by atoms with van der Waals surface area (Å²) in [5, 5.41) is 18.6. The standard InChI is InChI=1S/C26H42N4O3.2C2HF3O2/c1-17(29-33-24(32)30(14-12-27)15-13-28)21-6-7-22-20-5-4-18-16-19(31)8-10-25(18,2)23(20)9-11-26(21,22)3;2*3-2(4,5)1(6)7/h16,20-23H,4-15,27-28H2,1-3H3;2*(H,6,7)/b29-17+;;/t20-,21+,22-,23-,25-,26+;;/m0../s1. The van der Waals surface area contributed by atoms with Crippen molar-refractivity contribution in [3.63, 3.8) is 0 Å². The predicted molar refractivity (Wildman–Crippen MR) is 157 cm³/mol. The van der Waals surface area contributed by atoms with Gasteiger partial charge in [-0.25, -0.2) is 14.4 Å². The van der Waals surface area contributed by atoms with Gasteiger partial charge in [-0.2, -0.15) is 26.3 Å². The van der Waals surface area contributed by atoms with Crippen LogP contribution in [0.4, 0.5) is 31.1 Å². The highest BCUT2D eigenvalue weighted by atomic mass is 19.4. The summed E-state index contributed by atoms with van der Waals surface area (Å²) in [5.74, 6) is -2.79. The van der Waals surface area contributed by atoms with E-state index in [9.17, 15) is 35.9 Å². The van der Waals surface area contributed by atoms with E-state index in [-0.39, 0.29) is 10.8 Å². The number of fused-ring (bicyclic) bond motifs is 5. The second-order valence-corrected chi connectivity index (χ2v) is 12.9. The van der Waals surface area contributed by atoms with Crippen molar-refractivity contribution in [3.8, 4) is 0 Å². The van der Waals surface area contributed by atoms with E-state index in [1.54, 1.807) is 0 Å². The largest absolute Gasteiger partial charge is 0.490 e. The maximum atomic E-state index is 12.4. The Labute approximate surface area is 268 Å². The molecule has 0 aliphatic heterocycles. The fourth-order valence-electron chi connectivity index (χ4n) is 8.08. The zero-order valence-corrected chi connectivity index (χ0v) is 26.6. The van der Waals surface area contributed by atoms with Gasteiger partial charge >= 0.3 is 30.4 Å². The molecule has 0 radical (unpaired) electrons. The van der Waals surface area contributed by atoms with Crippen LogP contribution in [0.1, 0.15) is 72.1 Å². The van der Waals surface area contributed by atoms with E-state index in [0.29, 0.717) is 62.1 Å². The number of nitrogens with zero attached hydrogens (tertiary/aromatic N) is 2. The lowest BCUT2D eigenvalue weighted by Gasteiger charge is -2.58. The van der Waals surface area contributed by atoms with Crippen LogP contribution in [0.25, 0.3) is 0 Å². The molecule has 268 valence electrons. The van der Waals surface area contributed by atoms with Crippen LogP contribution in [0, 0.1) is 34.5 Å². The van der Waals surface area contributed by atoms with Crippen molar-refractivity contribution in [3.05, 3.63) is 11.6 Å². The fraction of sp³-hybridized carbons (Fsp3) is 0.767. The Bertz CT molecular complexity index is 1190. The summed E-state index contributed by atoms with van der Waals surface area (Å²) in [6.45, 7) is 8.45. The first kappa shape index (κ1) is 40.0. The molecule has 0 aromatic heterocycles. The van der Waals surface area contributed by atoms with Crippen LogP contribution < -0.4 is 11.5 Å². The Morgan fingerprint density at radius 1 is 0.915 bits per heavy atom.